The molecular formula is C19H14O3. The third kappa shape index (κ3) is 1.86. The van der Waals surface area contributed by atoms with Crippen LogP contribution in [0.1, 0.15) is 5.56 Å². The first kappa shape index (κ1) is 12.9. The van der Waals surface area contributed by atoms with Crippen LogP contribution in [-0.4, -0.2) is 7.11 Å². The summed E-state index contributed by atoms with van der Waals surface area (Å²) >= 11 is 0. The van der Waals surface area contributed by atoms with E-state index in [1.807, 2.05) is 25.1 Å². The highest BCUT2D eigenvalue weighted by Gasteiger charge is 2.10. The highest BCUT2D eigenvalue weighted by molar-refractivity contribution is 5.99. The molecule has 22 heavy (non-hydrogen) atoms. The van der Waals surface area contributed by atoms with Crippen LogP contribution in [0.3, 0.4) is 0 Å². The lowest BCUT2D eigenvalue weighted by Crippen LogP contribution is -2.02. The van der Waals surface area contributed by atoms with Gasteiger partial charge in [-0.05, 0) is 42.0 Å². The quantitative estimate of drug-likeness (QED) is 0.487. The first-order valence-corrected chi connectivity index (χ1v) is 7.11. The Morgan fingerprint density at radius 2 is 1.68 bits per heavy atom. The van der Waals surface area contributed by atoms with E-state index in [0.29, 0.717) is 27.7 Å². The number of rotatable bonds is 1. The second-order valence-electron chi connectivity index (χ2n) is 5.49. The van der Waals surface area contributed by atoms with E-state index in [1.165, 1.54) is 5.56 Å². The van der Waals surface area contributed by atoms with Gasteiger partial charge in [-0.25, -0.2) is 0 Å². The van der Waals surface area contributed by atoms with Crippen molar-refractivity contribution in [1.29, 1.82) is 0 Å². The van der Waals surface area contributed by atoms with E-state index in [0.717, 1.165) is 10.8 Å². The summed E-state index contributed by atoms with van der Waals surface area (Å²) < 4.78 is 11.1. The summed E-state index contributed by atoms with van der Waals surface area (Å²) in [7, 11) is 1.59. The minimum atomic E-state index is -0.0118. The highest BCUT2D eigenvalue weighted by Crippen LogP contribution is 2.26. The molecule has 0 aliphatic carbocycles. The van der Waals surface area contributed by atoms with Gasteiger partial charge in [-0.1, -0.05) is 23.8 Å². The molecule has 0 amide bonds. The standard InChI is InChI=1S/C19H14O3/c1-11-3-4-12-9-17-16(8-13(12)7-11)19(20)15-6-5-14(21-2)10-18(15)22-17/h3-10H,1-2H3. The number of ether oxygens (including phenoxy) is 1. The van der Waals surface area contributed by atoms with Crippen molar-refractivity contribution >= 4 is 32.7 Å². The average Bonchev–Trinajstić information content (AvgIpc) is 2.53. The van der Waals surface area contributed by atoms with Gasteiger partial charge in [0, 0.05) is 6.07 Å². The SMILES string of the molecule is COc1ccc2c(=O)c3cc4cc(C)ccc4cc3oc2c1. The molecule has 0 unspecified atom stereocenters. The van der Waals surface area contributed by atoms with Crippen molar-refractivity contribution < 1.29 is 9.15 Å². The molecule has 108 valence electrons. The van der Waals surface area contributed by atoms with Crippen LogP contribution in [0.4, 0.5) is 0 Å². The van der Waals surface area contributed by atoms with Gasteiger partial charge < -0.3 is 9.15 Å². The van der Waals surface area contributed by atoms with E-state index in [4.69, 9.17) is 9.15 Å². The minimum Gasteiger partial charge on any atom is -0.497 e. The molecule has 0 spiro atoms. The number of aryl methyl sites for hydroxylation is 1. The summed E-state index contributed by atoms with van der Waals surface area (Å²) in [5.74, 6) is 0.673. The van der Waals surface area contributed by atoms with E-state index in [-0.39, 0.29) is 5.43 Å². The Bertz CT molecular complexity index is 1090. The molecule has 0 N–H and O–H groups in total. The molecule has 0 saturated carbocycles. The van der Waals surface area contributed by atoms with Gasteiger partial charge in [-0.3, -0.25) is 4.79 Å². The normalized spacial score (nSPS) is 11.4. The smallest absolute Gasteiger partial charge is 0.200 e. The number of hydrogen-bond acceptors (Lipinski definition) is 3. The summed E-state index contributed by atoms with van der Waals surface area (Å²) in [5, 5.41) is 3.28. The van der Waals surface area contributed by atoms with Gasteiger partial charge >= 0.3 is 0 Å². The largest absolute Gasteiger partial charge is 0.497 e. The van der Waals surface area contributed by atoms with Gasteiger partial charge in [0.1, 0.15) is 16.9 Å². The van der Waals surface area contributed by atoms with Crippen LogP contribution >= 0.6 is 0 Å². The Balaban J connectivity index is 2.16. The molecule has 4 rings (SSSR count). The Labute approximate surface area is 126 Å². The van der Waals surface area contributed by atoms with Crippen molar-refractivity contribution in [3.8, 4) is 5.75 Å². The van der Waals surface area contributed by atoms with E-state index >= 15 is 0 Å². The summed E-state index contributed by atoms with van der Waals surface area (Å²) in [6.45, 7) is 2.04. The highest BCUT2D eigenvalue weighted by atomic mass is 16.5. The van der Waals surface area contributed by atoms with Crippen LogP contribution in [0.25, 0.3) is 32.7 Å². The lowest BCUT2D eigenvalue weighted by atomic mass is 10.0. The maximum Gasteiger partial charge on any atom is 0.200 e. The fourth-order valence-electron chi connectivity index (χ4n) is 2.82. The molecule has 0 aliphatic rings. The van der Waals surface area contributed by atoms with Crippen molar-refractivity contribution in [1.82, 2.24) is 0 Å². The first-order chi connectivity index (χ1) is 10.7. The van der Waals surface area contributed by atoms with Gasteiger partial charge in [-0.2, -0.15) is 0 Å². The summed E-state index contributed by atoms with van der Waals surface area (Å²) in [4.78, 5) is 12.7. The van der Waals surface area contributed by atoms with Crippen molar-refractivity contribution in [2.75, 3.05) is 7.11 Å². The van der Waals surface area contributed by atoms with Crippen LogP contribution in [0.2, 0.25) is 0 Å². The monoisotopic (exact) mass is 290 g/mol. The van der Waals surface area contributed by atoms with Crippen molar-refractivity contribution in [3.63, 3.8) is 0 Å². The molecular weight excluding hydrogens is 276 g/mol. The molecule has 0 fully saturated rings. The lowest BCUT2D eigenvalue weighted by molar-refractivity contribution is 0.414. The fraction of sp³-hybridized carbons (Fsp3) is 0.105. The number of methoxy groups -OCH3 is 1. The molecule has 0 bridgehead atoms. The molecule has 0 saturated heterocycles. The third-order valence-corrected chi connectivity index (χ3v) is 3.99. The van der Waals surface area contributed by atoms with Crippen LogP contribution in [-0.2, 0) is 0 Å². The Morgan fingerprint density at radius 3 is 2.50 bits per heavy atom. The number of hydrogen-bond donors (Lipinski definition) is 0. The van der Waals surface area contributed by atoms with Crippen LogP contribution in [0.5, 0.6) is 5.75 Å². The molecule has 3 nitrogen and oxygen atoms in total. The topological polar surface area (TPSA) is 39.4 Å². The molecule has 0 aliphatic heterocycles. The lowest BCUT2D eigenvalue weighted by Gasteiger charge is -2.06. The maximum absolute atomic E-state index is 12.7. The van der Waals surface area contributed by atoms with E-state index in [9.17, 15) is 4.79 Å². The van der Waals surface area contributed by atoms with Gasteiger partial charge in [0.15, 0.2) is 0 Å². The predicted octanol–water partition coefficient (Wildman–Crippen LogP) is 4.42. The van der Waals surface area contributed by atoms with E-state index in [2.05, 4.69) is 12.1 Å². The van der Waals surface area contributed by atoms with Gasteiger partial charge in [0.25, 0.3) is 0 Å². The summed E-state index contributed by atoms with van der Waals surface area (Å²) in [6.07, 6.45) is 0. The Morgan fingerprint density at radius 1 is 0.864 bits per heavy atom. The molecule has 1 aromatic heterocycles. The van der Waals surface area contributed by atoms with Gasteiger partial charge in [-0.15, -0.1) is 0 Å². The molecule has 3 aromatic carbocycles. The average molecular weight is 290 g/mol. The van der Waals surface area contributed by atoms with Crippen LogP contribution in [0.15, 0.2) is 57.7 Å². The Kier molecular flexibility index (Phi) is 2.70. The second kappa shape index (κ2) is 4.60. The van der Waals surface area contributed by atoms with Gasteiger partial charge in [0.05, 0.1) is 17.9 Å². The predicted molar refractivity (Wildman–Crippen MR) is 88.8 cm³/mol. The molecule has 0 atom stereocenters. The summed E-state index contributed by atoms with van der Waals surface area (Å²) in [5.41, 5.74) is 2.30. The maximum atomic E-state index is 12.7. The zero-order valence-electron chi connectivity index (χ0n) is 12.3. The Hall–Kier alpha value is -2.81. The van der Waals surface area contributed by atoms with Crippen molar-refractivity contribution in [2.24, 2.45) is 0 Å². The number of benzene rings is 3. The van der Waals surface area contributed by atoms with Crippen molar-refractivity contribution in [3.05, 3.63) is 64.3 Å². The summed E-state index contributed by atoms with van der Waals surface area (Å²) in [6, 6.07) is 15.3. The molecule has 1 heterocycles. The minimum absolute atomic E-state index is 0.0118. The zero-order chi connectivity index (χ0) is 15.3. The third-order valence-electron chi connectivity index (χ3n) is 3.99. The van der Waals surface area contributed by atoms with E-state index < -0.39 is 0 Å². The van der Waals surface area contributed by atoms with Crippen LogP contribution < -0.4 is 10.2 Å². The van der Waals surface area contributed by atoms with Crippen LogP contribution in [0, 0.1) is 6.92 Å². The fourth-order valence-corrected chi connectivity index (χ4v) is 2.82. The number of fused-ring (bicyclic) bond motifs is 3. The molecule has 4 aromatic rings. The van der Waals surface area contributed by atoms with Crippen molar-refractivity contribution in [2.45, 2.75) is 6.92 Å². The van der Waals surface area contributed by atoms with E-state index in [1.54, 1.807) is 25.3 Å². The molecule has 3 heteroatoms. The first-order valence-electron chi connectivity index (χ1n) is 7.11. The molecule has 0 radical (unpaired) electrons. The second-order valence-corrected chi connectivity index (χ2v) is 5.49. The van der Waals surface area contributed by atoms with Gasteiger partial charge in [0.2, 0.25) is 5.43 Å². The zero-order valence-corrected chi connectivity index (χ0v) is 12.3.